The van der Waals surface area contributed by atoms with Crippen LogP contribution in [0.15, 0.2) is 41.8 Å². The summed E-state index contributed by atoms with van der Waals surface area (Å²) in [4.78, 5) is 13.7. The molecule has 0 aliphatic carbocycles. The van der Waals surface area contributed by atoms with Crippen LogP contribution in [0.3, 0.4) is 0 Å². The van der Waals surface area contributed by atoms with Crippen molar-refractivity contribution in [3.63, 3.8) is 0 Å². The number of hydrogen-bond donors (Lipinski definition) is 2. The largest absolute Gasteiger partial charge is 0.347 e. The van der Waals surface area contributed by atoms with Gasteiger partial charge < -0.3 is 10.6 Å². The molecule has 2 aromatic rings. The fourth-order valence-corrected chi connectivity index (χ4v) is 3.38. The van der Waals surface area contributed by atoms with Crippen molar-refractivity contribution >= 4 is 17.2 Å². The Kier molecular flexibility index (Phi) is 3.85. The van der Waals surface area contributed by atoms with E-state index < -0.39 is 0 Å². The average molecular weight is 286 g/mol. The number of hydrogen-bond acceptors (Lipinski definition) is 3. The zero-order valence-electron chi connectivity index (χ0n) is 11.4. The molecule has 0 saturated carbocycles. The average Bonchev–Trinajstić information content (AvgIpc) is 3.01. The Hall–Kier alpha value is -1.65. The van der Waals surface area contributed by atoms with Crippen LogP contribution >= 0.6 is 11.3 Å². The molecule has 0 bridgehead atoms. The lowest BCUT2D eigenvalue weighted by Gasteiger charge is -2.27. The van der Waals surface area contributed by atoms with E-state index in [9.17, 15) is 4.79 Å². The summed E-state index contributed by atoms with van der Waals surface area (Å²) in [5, 5.41) is 8.45. The van der Waals surface area contributed by atoms with Gasteiger partial charge in [0.05, 0.1) is 6.04 Å². The summed E-state index contributed by atoms with van der Waals surface area (Å²) >= 11 is 1.67. The highest BCUT2D eigenvalue weighted by molar-refractivity contribution is 7.10. The second-order valence-corrected chi connectivity index (χ2v) is 6.06. The van der Waals surface area contributed by atoms with Gasteiger partial charge in [-0.3, -0.25) is 4.79 Å². The Morgan fingerprint density at radius 1 is 1.35 bits per heavy atom. The van der Waals surface area contributed by atoms with E-state index in [0.717, 1.165) is 18.5 Å². The first-order valence-corrected chi connectivity index (χ1v) is 7.78. The van der Waals surface area contributed by atoms with Crippen molar-refractivity contribution in [3.05, 3.63) is 57.8 Å². The molecule has 0 fully saturated rings. The third kappa shape index (κ3) is 2.62. The van der Waals surface area contributed by atoms with Gasteiger partial charge in [0.1, 0.15) is 6.04 Å². The number of carbonyl (C=O) groups excluding carboxylic acids is 1. The molecule has 4 heteroatoms. The number of amides is 1. The standard InChI is InChI=1S/C16H18N2OS/c1-11(14-7-4-10-20-14)18-16(19)15-13-6-3-2-5-12(13)8-9-17-15/h2-7,10-11,15,17H,8-9H2,1H3,(H,18,19)/t11-,15?/m0/s1. The number of thiophene rings is 1. The lowest BCUT2D eigenvalue weighted by atomic mass is 9.94. The Morgan fingerprint density at radius 3 is 3.00 bits per heavy atom. The van der Waals surface area contributed by atoms with Crippen LogP contribution in [0.4, 0.5) is 0 Å². The van der Waals surface area contributed by atoms with Crippen LogP contribution in [-0.2, 0) is 11.2 Å². The smallest absolute Gasteiger partial charge is 0.242 e. The maximum absolute atomic E-state index is 12.5. The molecule has 104 valence electrons. The van der Waals surface area contributed by atoms with Gasteiger partial charge in [0, 0.05) is 11.4 Å². The molecule has 1 aromatic heterocycles. The third-order valence-corrected chi connectivity index (χ3v) is 4.75. The summed E-state index contributed by atoms with van der Waals surface area (Å²) in [6, 6.07) is 12.1. The van der Waals surface area contributed by atoms with Crippen LogP contribution in [0.2, 0.25) is 0 Å². The van der Waals surface area contributed by atoms with Gasteiger partial charge in [-0.2, -0.15) is 0 Å². The van der Waals surface area contributed by atoms with E-state index in [0.29, 0.717) is 0 Å². The van der Waals surface area contributed by atoms with Crippen LogP contribution in [0.1, 0.15) is 35.0 Å². The maximum atomic E-state index is 12.5. The zero-order valence-corrected chi connectivity index (χ0v) is 12.2. The van der Waals surface area contributed by atoms with Crippen LogP contribution in [0.25, 0.3) is 0 Å². The predicted molar refractivity (Wildman–Crippen MR) is 81.8 cm³/mol. The van der Waals surface area contributed by atoms with Gasteiger partial charge in [0.25, 0.3) is 0 Å². The normalized spacial score (nSPS) is 19.1. The minimum atomic E-state index is -0.234. The first-order valence-electron chi connectivity index (χ1n) is 6.90. The minimum absolute atomic E-state index is 0.0538. The molecule has 0 spiro atoms. The van der Waals surface area contributed by atoms with Crippen LogP contribution < -0.4 is 10.6 Å². The number of carbonyl (C=O) groups is 1. The lowest BCUT2D eigenvalue weighted by Crippen LogP contribution is -2.42. The number of benzene rings is 1. The van der Waals surface area contributed by atoms with Gasteiger partial charge in [0.2, 0.25) is 5.91 Å². The van der Waals surface area contributed by atoms with Crippen LogP contribution in [0.5, 0.6) is 0 Å². The molecule has 2 N–H and O–H groups in total. The third-order valence-electron chi connectivity index (χ3n) is 3.70. The monoisotopic (exact) mass is 286 g/mol. The fourth-order valence-electron chi connectivity index (χ4n) is 2.64. The highest BCUT2D eigenvalue weighted by Crippen LogP contribution is 2.24. The first-order chi connectivity index (χ1) is 9.75. The molecular weight excluding hydrogens is 268 g/mol. The summed E-state index contributed by atoms with van der Waals surface area (Å²) in [5.41, 5.74) is 2.38. The van der Waals surface area contributed by atoms with Crippen molar-refractivity contribution in [3.8, 4) is 0 Å². The Balaban J connectivity index is 1.75. The van der Waals surface area contributed by atoms with Gasteiger partial charge >= 0.3 is 0 Å². The van der Waals surface area contributed by atoms with E-state index in [-0.39, 0.29) is 18.0 Å². The first kappa shape index (κ1) is 13.3. The molecule has 3 rings (SSSR count). The molecule has 0 radical (unpaired) electrons. The Labute approximate surface area is 123 Å². The molecule has 2 heterocycles. The molecule has 2 atom stereocenters. The summed E-state index contributed by atoms with van der Waals surface area (Å²) in [5.74, 6) is 0.0538. The minimum Gasteiger partial charge on any atom is -0.347 e. The molecular formula is C16H18N2OS. The van der Waals surface area contributed by atoms with Gasteiger partial charge in [-0.25, -0.2) is 0 Å². The summed E-state index contributed by atoms with van der Waals surface area (Å²) in [6.45, 7) is 2.88. The van der Waals surface area contributed by atoms with Gasteiger partial charge in [-0.15, -0.1) is 11.3 Å². The molecule has 20 heavy (non-hydrogen) atoms. The molecule has 3 nitrogen and oxygen atoms in total. The molecule has 1 amide bonds. The van der Waals surface area contributed by atoms with Gasteiger partial charge in [0.15, 0.2) is 0 Å². The lowest BCUT2D eigenvalue weighted by molar-refractivity contribution is -0.124. The number of rotatable bonds is 3. The number of fused-ring (bicyclic) bond motifs is 1. The highest BCUT2D eigenvalue weighted by Gasteiger charge is 2.26. The van der Waals surface area contributed by atoms with Gasteiger partial charge in [-0.1, -0.05) is 30.3 Å². The van der Waals surface area contributed by atoms with Crippen LogP contribution in [-0.4, -0.2) is 12.5 Å². The van der Waals surface area contributed by atoms with Crippen molar-refractivity contribution in [2.75, 3.05) is 6.54 Å². The van der Waals surface area contributed by atoms with Crippen LogP contribution in [0, 0.1) is 0 Å². The van der Waals surface area contributed by atoms with E-state index >= 15 is 0 Å². The van der Waals surface area contributed by atoms with E-state index in [4.69, 9.17) is 0 Å². The molecule has 1 aliphatic heterocycles. The quantitative estimate of drug-likeness (QED) is 0.911. The second kappa shape index (κ2) is 5.77. The molecule has 1 aromatic carbocycles. The van der Waals surface area contributed by atoms with Crippen molar-refractivity contribution in [1.29, 1.82) is 0 Å². The predicted octanol–water partition coefficient (Wildman–Crippen LogP) is 2.81. The van der Waals surface area contributed by atoms with Crippen molar-refractivity contribution in [1.82, 2.24) is 10.6 Å². The Bertz CT molecular complexity index is 594. The van der Waals surface area contributed by atoms with Crippen molar-refractivity contribution in [2.24, 2.45) is 0 Å². The van der Waals surface area contributed by atoms with E-state index in [1.165, 1.54) is 10.4 Å². The van der Waals surface area contributed by atoms with Crippen molar-refractivity contribution in [2.45, 2.75) is 25.4 Å². The highest BCUT2D eigenvalue weighted by atomic mass is 32.1. The van der Waals surface area contributed by atoms with E-state index in [1.54, 1.807) is 11.3 Å². The molecule has 0 saturated heterocycles. The zero-order chi connectivity index (χ0) is 13.9. The maximum Gasteiger partial charge on any atom is 0.242 e. The van der Waals surface area contributed by atoms with E-state index in [1.807, 2.05) is 36.6 Å². The Morgan fingerprint density at radius 2 is 2.20 bits per heavy atom. The summed E-state index contributed by atoms with van der Waals surface area (Å²) in [6.07, 6.45) is 0.987. The van der Waals surface area contributed by atoms with E-state index in [2.05, 4.69) is 22.8 Å². The molecule has 1 aliphatic rings. The second-order valence-electron chi connectivity index (χ2n) is 5.08. The summed E-state index contributed by atoms with van der Waals surface area (Å²) < 4.78 is 0. The number of nitrogens with one attached hydrogen (secondary N) is 2. The fraction of sp³-hybridized carbons (Fsp3) is 0.312. The van der Waals surface area contributed by atoms with Gasteiger partial charge in [-0.05, 0) is 35.9 Å². The summed E-state index contributed by atoms with van der Waals surface area (Å²) in [7, 11) is 0. The SMILES string of the molecule is C[C@H](NC(=O)C1NCCc2ccccc21)c1cccs1. The molecule has 1 unspecified atom stereocenters. The topological polar surface area (TPSA) is 41.1 Å². The van der Waals surface area contributed by atoms with Crippen molar-refractivity contribution < 1.29 is 4.79 Å².